The second kappa shape index (κ2) is 14.3. The Balaban J connectivity index is 0.987. The Kier molecular flexibility index (Phi) is 8.33. The summed E-state index contributed by atoms with van der Waals surface area (Å²) in [6, 6.07) is 81.3. The molecule has 0 bridgehead atoms. The van der Waals surface area contributed by atoms with Gasteiger partial charge in [0.15, 0.2) is 0 Å². The molecular formula is C64H48N2. The molecule has 66 heavy (non-hydrogen) atoms. The molecule has 314 valence electrons. The maximum Gasteiger partial charge on any atom is 0.0547 e. The van der Waals surface area contributed by atoms with Gasteiger partial charge in [-0.25, -0.2) is 0 Å². The second-order valence-electron chi connectivity index (χ2n) is 19.4. The Morgan fingerprint density at radius 1 is 0.333 bits per heavy atom. The van der Waals surface area contributed by atoms with E-state index in [0.717, 1.165) is 22.7 Å². The van der Waals surface area contributed by atoms with Crippen LogP contribution in [0, 0.1) is 0 Å². The number of fused-ring (bicyclic) bond motifs is 11. The van der Waals surface area contributed by atoms with E-state index >= 15 is 0 Å². The molecule has 0 spiro atoms. The highest BCUT2D eigenvalue weighted by atomic mass is 15.1. The topological polar surface area (TPSA) is 8.17 Å². The standard InChI is InChI=1S/C64H48N2/c1-63(2)57-27-13-11-25-50(57)52-33-31-49(39-59(52)63)65(47-23-15-19-42(35-47)41-17-7-5-8-18-41)48-24-16-20-43(36-48)44-30-34-60-55(37-44)56-38-45-29-32-53-51-26-12-14-28-58(51)64(3,4)62(53)54(45)40-61(56)66(60)46-21-9-6-10-22-46/h5-40H,1-4H3. The summed E-state index contributed by atoms with van der Waals surface area (Å²) in [5.41, 5.74) is 22.4. The maximum atomic E-state index is 2.47. The van der Waals surface area contributed by atoms with E-state index in [2.05, 4.69) is 256 Å². The minimum atomic E-state index is -0.123. The third-order valence-corrected chi connectivity index (χ3v) is 14.9. The summed E-state index contributed by atoms with van der Waals surface area (Å²) in [6.07, 6.45) is 0. The Bertz CT molecular complexity index is 3760. The van der Waals surface area contributed by atoms with Crippen molar-refractivity contribution >= 4 is 49.6 Å². The summed E-state index contributed by atoms with van der Waals surface area (Å²) >= 11 is 0. The van der Waals surface area contributed by atoms with Gasteiger partial charge in [-0.05, 0) is 150 Å². The predicted molar refractivity (Wildman–Crippen MR) is 279 cm³/mol. The van der Waals surface area contributed by atoms with Gasteiger partial charge in [-0.1, -0.05) is 173 Å². The van der Waals surface area contributed by atoms with Crippen LogP contribution in [0.4, 0.5) is 17.1 Å². The lowest BCUT2D eigenvalue weighted by Gasteiger charge is -2.29. The van der Waals surface area contributed by atoms with E-state index in [-0.39, 0.29) is 10.8 Å². The van der Waals surface area contributed by atoms with E-state index in [0.29, 0.717) is 0 Å². The molecule has 11 aromatic rings. The van der Waals surface area contributed by atoms with Gasteiger partial charge < -0.3 is 9.47 Å². The lowest BCUT2D eigenvalue weighted by Crippen LogP contribution is -2.16. The van der Waals surface area contributed by atoms with Crippen molar-refractivity contribution < 1.29 is 0 Å². The first-order chi connectivity index (χ1) is 32.2. The van der Waals surface area contributed by atoms with Crippen LogP contribution in [0.1, 0.15) is 49.9 Å². The van der Waals surface area contributed by atoms with Crippen molar-refractivity contribution in [2.45, 2.75) is 38.5 Å². The summed E-state index contributed by atoms with van der Waals surface area (Å²) in [7, 11) is 0. The van der Waals surface area contributed by atoms with Crippen LogP contribution >= 0.6 is 0 Å². The van der Waals surface area contributed by atoms with E-state index in [1.807, 2.05) is 0 Å². The number of hydrogen-bond acceptors (Lipinski definition) is 1. The first-order valence-corrected chi connectivity index (χ1v) is 23.3. The van der Waals surface area contributed by atoms with Crippen molar-refractivity contribution in [1.29, 1.82) is 0 Å². The van der Waals surface area contributed by atoms with Crippen molar-refractivity contribution in [3.8, 4) is 50.2 Å². The van der Waals surface area contributed by atoms with Crippen LogP contribution in [0.25, 0.3) is 82.8 Å². The highest BCUT2D eigenvalue weighted by Crippen LogP contribution is 2.53. The van der Waals surface area contributed by atoms with Crippen LogP contribution < -0.4 is 4.90 Å². The maximum absolute atomic E-state index is 2.47. The monoisotopic (exact) mass is 844 g/mol. The van der Waals surface area contributed by atoms with E-state index in [1.54, 1.807) is 0 Å². The third kappa shape index (κ3) is 5.67. The van der Waals surface area contributed by atoms with Gasteiger partial charge in [0.25, 0.3) is 0 Å². The van der Waals surface area contributed by atoms with E-state index in [9.17, 15) is 0 Å². The van der Waals surface area contributed by atoms with Crippen LogP contribution in [0.2, 0.25) is 0 Å². The third-order valence-electron chi connectivity index (χ3n) is 14.9. The summed E-state index contributed by atoms with van der Waals surface area (Å²) in [5, 5.41) is 5.10. The molecule has 0 radical (unpaired) electrons. The summed E-state index contributed by atoms with van der Waals surface area (Å²) in [6.45, 7) is 9.50. The van der Waals surface area contributed by atoms with Crippen LogP contribution in [0.5, 0.6) is 0 Å². The fourth-order valence-corrected chi connectivity index (χ4v) is 11.7. The largest absolute Gasteiger partial charge is 0.310 e. The van der Waals surface area contributed by atoms with Crippen LogP contribution in [0.3, 0.4) is 0 Å². The molecule has 2 heteroatoms. The van der Waals surface area contributed by atoms with Crippen molar-refractivity contribution in [2.75, 3.05) is 4.90 Å². The van der Waals surface area contributed by atoms with Crippen molar-refractivity contribution in [2.24, 2.45) is 0 Å². The van der Waals surface area contributed by atoms with Crippen LogP contribution in [0.15, 0.2) is 218 Å². The number of nitrogens with zero attached hydrogens (tertiary/aromatic N) is 2. The Labute approximate surface area is 386 Å². The molecule has 2 aliphatic carbocycles. The SMILES string of the molecule is CC1(C)c2ccccc2-c2ccc(N(c3cccc(-c4ccccc4)c3)c3cccc(-c4ccc5c(c4)c4cc6ccc7c(c6cc4n5-c4ccccc4)C(C)(C)c4ccccc4-7)c3)cc21. The van der Waals surface area contributed by atoms with Gasteiger partial charge in [-0.3, -0.25) is 0 Å². The van der Waals surface area contributed by atoms with Gasteiger partial charge in [0.05, 0.1) is 11.0 Å². The molecule has 0 saturated heterocycles. The molecule has 1 aromatic heterocycles. The molecule has 0 unspecified atom stereocenters. The molecule has 0 aliphatic heterocycles. The number of rotatable bonds is 6. The van der Waals surface area contributed by atoms with Crippen LogP contribution in [-0.4, -0.2) is 4.57 Å². The molecule has 10 aromatic carbocycles. The van der Waals surface area contributed by atoms with Gasteiger partial charge in [0, 0.05) is 44.4 Å². The first kappa shape index (κ1) is 38.5. The minimum Gasteiger partial charge on any atom is -0.310 e. The zero-order chi connectivity index (χ0) is 44.3. The molecule has 0 N–H and O–H groups in total. The van der Waals surface area contributed by atoms with Gasteiger partial charge in [0.2, 0.25) is 0 Å². The van der Waals surface area contributed by atoms with Crippen LogP contribution in [-0.2, 0) is 10.8 Å². The van der Waals surface area contributed by atoms with Crippen molar-refractivity contribution in [1.82, 2.24) is 4.57 Å². The molecule has 2 nitrogen and oxygen atoms in total. The molecular weight excluding hydrogens is 797 g/mol. The van der Waals surface area contributed by atoms with Crippen molar-refractivity contribution in [3.05, 3.63) is 241 Å². The number of para-hydroxylation sites is 1. The smallest absolute Gasteiger partial charge is 0.0547 e. The minimum absolute atomic E-state index is 0.112. The number of benzene rings is 10. The molecule has 1 heterocycles. The van der Waals surface area contributed by atoms with E-state index in [1.165, 1.54) is 99.3 Å². The fourth-order valence-electron chi connectivity index (χ4n) is 11.7. The fraction of sp³-hybridized carbons (Fsp3) is 0.0938. The first-order valence-electron chi connectivity index (χ1n) is 23.3. The molecule has 13 rings (SSSR count). The quantitative estimate of drug-likeness (QED) is 0.162. The molecule has 0 amide bonds. The molecule has 0 saturated carbocycles. The van der Waals surface area contributed by atoms with Crippen molar-refractivity contribution in [3.63, 3.8) is 0 Å². The summed E-state index contributed by atoms with van der Waals surface area (Å²) < 4.78 is 2.47. The normalized spacial score (nSPS) is 14.0. The average molecular weight is 845 g/mol. The second-order valence-corrected chi connectivity index (χ2v) is 19.4. The Hall–Kier alpha value is -7.94. The Morgan fingerprint density at radius 3 is 1.61 bits per heavy atom. The lowest BCUT2D eigenvalue weighted by molar-refractivity contribution is 0.660. The van der Waals surface area contributed by atoms with E-state index in [4.69, 9.17) is 0 Å². The predicted octanol–water partition coefficient (Wildman–Crippen LogP) is 17.4. The van der Waals surface area contributed by atoms with Gasteiger partial charge in [-0.15, -0.1) is 0 Å². The zero-order valence-corrected chi connectivity index (χ0v) is 37.7. The highest BCUT2D eigenvalue weighted by Gasteiger charge is 2.38. The number of hydrogen-bond donors (Lipinski definition) is 0. The Morgan fingerprint density at radius 2 is 0.879 bits per heavy atom. The molecule has 2 aliphatic rings. The highest BCUT2D eigenvalue weighted by molar-refractivity contribution is 6.16. The lowest BCUT2D eigenvalue weighted by atomic mass is 9.80. The van der Waals surface area contributed by atoms with Gasteiger partial charge >= 0.3 is 0 Å². The van der Waals surface area contributed by atoms with E-state index < -0.39 is 0 Å². The molecule has 0 atom stereocenters. The summed E-state index contributed by atoms with van der Waals surface area (Å²) in [5.74, 6) is 0. The van der Waals surface area contributed by atoms with Gasteiger partial charge in [0.1, 0.15) is 0 Å². The number of anilines is 3. The van der Waals surface area contributed by atoms with Gasteiger partial charge in [-0.2, -0.15) is 0 Å². The average Bonchev–Trinajstić information content (AvgIpc) is 3.90. The zero-order valence-electron chi connectivity index (χ0n) is 37.7. The number of aromatic nitrogens is 1. The summed E-state index contributed by atoms with van der Waals surface area (Å²) in [4.78, 5) is 2.44. The molecule has 0 fully saturated rings.